The van der Waals surface area contributed by atoms with Gasteiger partial charge in [0.05, 0.1) is 52.9 Å². The molecule has 0 amide bonds. The van der Waals surface area contributed by atoms with Gasteiger partial charge in [0.15, 0.2) is 12.6 Å². The highest BCUT2D eigenvalue weighted by Crippen LogP contribution is 2.33. The molecule has 0 spiro atoms. The molecule has 5 aromatic carbocycles. The topological polar surface area (TPSA) is 114 Å². The summed E-state index contributed by atoms with van der Waals surface area (Å²) in [4.78, 5) is 0. The van der Waals surface area contributed by atoms with E-state index in [-0.39, 0.29) is 52.9 Å². The molecule has 10 nitrogen and oxygen atoms in total. The van der Waals surface area contributed by atoms with Gasteiger partial charge < -0.3 is 48.1 Å². The summed E-state index contributed by atoms with van der Waals surface area (Å²) < 4.78 is 51.3. The number of benzene rings is 5. The van der Waals surface area contributed by atoms with Crippen molar-refractivity contribution < 1.29 is 48.1 Å². The van der Waals surface area contributed by atoms with Crippen LogP contribution < -0.4 is 0 Å². The van der Waals surface area contributed by atoms with Crippen molar-refractivity contribution in [2.75, 3.05) is 19.8 Å². The highest BCUT2D eigenvalue weighted by Gasteiger charge is 2.52. The van der Waals surface area contributed by atoms with E-state index in [9.17, 15) is 10.2 Å². The monoisotopic (exact) mass is 762 g/mol. The molecule has 7 rings (SSSR count). The highest BCUT2D eigenvalue weighted by molar-refractivity contribution is 5.17. The number of aliphatic hydroxyl groups is 2. The van der Waals surface area contributed by atoms with Gasteiger partial charge in [0.2, 0.25) is 0 Å². The molecule has 0 aromatic heterocycles. The molecule has 2 saturated heterocycles. The average Bonchev–Trinajstić information content (AvgIpc) is 3.53. The van der Waals surface area contributed by atoms with Gasteiger partial charge in [0, 0.05) is 0 Å². The van der Waals surface area contributed by atoms with Gasteiger partial charge in [0.25, 0.3) is 0 Å². The maximum atomic E-state index is 11.3. The fraction of sp³-hybridized carbons (Fsp3) is 0.348. The van der Waals surface area contributed by atoms with Gasteiger partial charge in [-0.15, -0.1) is 0 Å². The number of rotatable bonds is 19. The molecular formula is C46H50O10. The zero-order valence-electron chi connectivity index (χ0n) is 31.3. The lowest BCUT2D eigenvalue weighted by atomic mass is 9.97. The minimum atomic E-state index is -1.67. The van der Waals surface area contributed by atoms with Crippen LogP contribution in [0, 0.1) is 0 Å². The Morgan fingerprint density at radius 3 is 1.38 bits per heavy atom. The van der Waals surface area contributed by atoms with Gasteiger partial charge in [0.1, 0.15) is 36.1 Å². The average molecular weight is 763 g/mol. The molecule has 0 radical (unpaired) electrons. The van der Waals surface area contributed by atoms with Crippen LogP contribution in [0.15, 0.2) is 152 Å². The van der Waals surface area contributed by atoms with Crippen LogP contribution in [0.2, 0.25) is 0 Å². The molecule has 294 valence electrons. The van der Waals surface area contributed by atoms with Crippen LogP contribution in [0.25, 0.3) is 0 Å². The van der Waals surface area contributed by atoms with Crippen molar-refractivity contribution in [2.24, 2.45) is 0 Å². The van der Waals surface area contributed by atoms with Crippen molar-refractivity contribution in [2.45, 2.75) is 81.7 Å². The molecule has 56 heavy (non-hydrogen) atoms. The lowest BCUT2D eigenvalue weighted by molar-refractivity contribution is -0.335. The van der Waals surface area contributed by atoms with E-state index in [1.165, 1.54) is 0 Å². The largest absolute Gasteiger partial charge is 0.385 e. The van der Waals surface area contributed by atoms with Gasteiger partial charge in [-0.05, 0) is 27.8 Å². The summed E-state index contributed by atoms with van der Waals surface area (Å²) in [6.07, 6.45) is -6.34. The van der Waals surface area contributed by atoms with Gasteiger partial charge in [-0.2, -0.15) is 0 Å². The Bertz CT molecular complexity index is 1840. The van der Waals surface area contributed by atoms with Crippen LogP contribution in [0.4, 0.5) is 0 Å². The lowest BCUT2D eigenvalue weighted by Crippen LogP contribution is -2.62. The summed E-state index contributed by atoms with van der Waals surface area (Å²) in [6.45, 7) is 0.964. The van der Waals surface area contributed by atoms with Gasteiger partial charge >= 0.3 is 0 Å². The predicted octanol–water partition coefficient (Wildman–Crippen LogP) is 6.37. The summed E-state index contributed by atoms with van der Waals surface area (Å²) >= 11 is 0. The number of ether oxygens (including phenoxy) is 8. The molecule has 2 aliphatic rings. The summed E-state index contributed by atoms with van der Waals surface area (Å²) in [5, 5.41) is 22.6. The molecular weight excluding hydrogens is 712 g/mol. The Kier molecular flexibility index (Phi) is 14.4. The summed E-state index contributed by atoms with van der Waals surface area (Å²) in [6, 6.07) is 49.2. The van der Waals surface area contributed by atoms with Crippen LogP contribution in [0.5, 0.6) is 0 Å². The smallest absolute Gasteiger partial charge is 0.187 e. The highest BCUT2D eigenvalue weighted by atomic mass is 16.7. The van der Waals surface area contributed by atoms with Gasteiger partial charge in [-0.1, -0.05) is 152 Å². The second kappa shape index (κ2) is 20.2. The second-order valence-corrected chi connectivity index (χ2v) is 14.2. The van der Waals surface area contributed by atoms with E-state index >= 15 is 0 Å². The summed E-state index contributed by atoms with van der Waals surface area (Å²) in [5.74, 6) is 0. The Balaban J connectivity index is 1.13. The maximum Gasteiger partial charge on any atom is 0.187 e. The third-order valence-electron chi connectivity index (χ3n) is 9.90. The Morgan fingerprint density at radius 2 is 0.893 bits per heavy atom. The number of hydrogen-bond donors (Lipinski definition) is 2. The van der Waals surface area contributed by atoms with Crippen LogP contribution in [-0.4, -0.2) is 78.7 Å². The first kappa shape index (κ1) is 39.9. The molecule has 2 aliphatic heterocycles. The molecule has 0 unspecified atom stereocenters. The molecule has 8 atom stereocenters. The third kappa shape index (κ3) is 11.0. The van der Waals surface area contributed by atoms with Crippen LogP contribution in [0.3, 0.4) is 0 Å². The van der Waals surface area contributed by atoms with E-state index in [4.69, 9.17) is 37.9 Å². The molecule has 0 aliphatic carbocycles. The Hall–Kier alpha value is -4.30. The normalized spacial score (nSPS) is 26.3. The van der Waals surface area contributed by atoms with E-state index in [0.29, 0.717) is 0 Å². The summed E-state index contributed by atoms with van der Waals surface area (Å²) in [7, 11) is 0. The van der Waals surface area contributed by atoms with Crippen molar-refractivity contribution in [1.29, 1.82) is 0 Å². The molecule has 2 heterocycles. The second-order valence-electron chi connectivity index (χ2n) is 14.2. The van der Waals surface area contributed by atoms with Crippen LogP contribution in [-0.2, 0) is 70.9 Å². The SMILES string of the molecule is O[C@@H]1[C@@H](OC[C@H]2O[C@@H](OCc3ccccc3)[C@H](OCc3ccccc3)[C@@H](OCc3ccccc3)[C@@H]2OCc2ccccc2)OC[C@@]1(O)COCc1ccccc1. The predicted molar refractivity (Wildman–Crippen MR) is 208 cm³/mol. The standard InChI is InChI=1S/C46H50O10/c47-43-45(55-33-46(43,48)32-49-26-34-16-6-1-7-17-34)54-31-39-40(50-27-35-18-8-2-9-19-35)41(51-28-36-20-10-3-11-21-36)42(52-29-37-22-12-4-13-23-37)44(56-39)53-30-38-24-14-5-15-25-38/h1-25,39-45,47-48H,26-33H2/t39-,40-,41+,42-,43-,44-,45+,46+/m1/s1. The van der Waals surface area contributed by atoms with E-state index in [0.717, 1.165) is 27.8 Å². The van der Waals surface area contributed by atoms with Crippen molar-refractivity contribution in [1.82, 2.24) is 0 Å². The first-order valence-electron chi connectivity index (χ1n) is 19.1. The maximum absolute atomic E-state index is 11.3. The van der Waals surface area contributed by atoms with Crippen LogP contribution >= 0.6 is 0 Å². The van der Waals surface area contributed by atoms with E-state index in [1.807, 2.05) is 152 Å². The quantitative estimate of drug-likeness (QED) is 0.0985. The molecule has 10 heteroatoms. The zero-order valence-corrected chi connectivity index (χ0v) is 31.3. The first-order chi connectivity index (χ1) is 27.5. The molecule has 2 fully saturated rings. The Morgan fingerprint density at radius 1 is 0.482 bits per heavy atom. The molecule has 0 saturated carbocycles. The number of hydrogen-bond acceptors (Lipinski definition) is 10. The third-order valence-corrected chi connectivity index (χ3v) is 9.90. The van der Waals surface area contributed by atoms with Crippen molar-refractivity contribution in [3.63, 3.8) is 0 Å². The molecule has 2 N–H and O–H groups in total. The van der Waals surface area contributed by atoms with E-state index < -0.39 is 48.7 Å². The zero-order chi connectivity index (χ0) is 38.4. The number of aliphatic hydroxyl groups excluding tert-OH is 1. The minimum Gasteiger partial charge on any atom is -0.385 e. The minimum absolute atomic E-state index is 0.0794. The summed E-state index contributed by atoms with van der Waals surface area (Å²) in [5.41, 5.74) is 3.17. The van der Waals surface area contributed by atoms with Gasteiger partial charge in [-0.3, -0.25) is 0 Å². The van der Waals surface area contributed by atoms with Crippen LogP contribution in [0.1, 0.15) is 27.8 Å². The van der Waals surface area contributed by atoms with E-state index in [1.54, 1.807) is 0 Å². The molecule has 0 bridgehead atoms. The van der Waals surface area contributed by atoms with Crippen molar-refractivity contribution >= 4 is 0 Å². The fourth-order valence-corrected chi connectivity index (χ4v) is 6.80. The lowest BCUT2D eigenvalue weighted by Gasteiger charge is -2.46. The van der Waals surface area contributed by atoms with Crippen molar-refractivity contribution in [3.8, 4) is 0 Å². The van der Waals surface area contributed by atoms with Crippen molar-refractivity contribution in [3.05, 3.63) is 179 Å². The molecule has 5 aromatic rings. The Labute approximate surface area is 328 Å². The fourth-order valence-electron chi connectivity index (χ4n) is 6.80. The van der Waals surface area contributed by atoms with E-state index in [2.05, 4.69) is 0 Å². The van der Waals surface area contributed by atoms with Gasteiger partial charge in [-0.25, -0.2) is 0 Å². The first-order valence-corrected chi connectivity index (χ1v) is 19.1.